The van der Waals surface area contributed by atoms with Gasteiger partial charge >= 0.3 is 18.2 Å². The number of nitrogens with zero attached hydrogens (tertiary/aromatic N) is 3. The number of urea groups is 1. The van der Waals surface area contributed by atoms with Crippen molar-refractivity contribution in [3.63, 3.8) is 0 Å². The fourth-order valence-electron chi connectivity index (χ4n) is 4.10. The first-order chi connectivity index (χ1) is 19.8. The summed E-state index contributed by atoms with van der Waals surface area (Å²) in [5.74, 6) is -2.21. The van der Waals surface area contributed by atoms with Crippen LogP contribution in [0.1, 0.15) is 25.3 Å². The lowest BCUT2D eigenvalue weighted by atomic mass is 10.1. The van der Waals surface area contributed by atoms with Crippen LogP contribution in [-0.2, 0) is 21.4 Å². The number of aromatic amines is 1. The molecule has 0 aliphatic carbocycles. The lowest BCUT2D eigenvalue weighted by Gasteiger charge is -2.31. The van der Waals surface area contributed by atoms with E-state index in [0.717, 1.165) is 16.7 Å². The van der Waals surface area contributed by atoms with E-state index in [4.69, 9.17) is 14.6 Å². The van der Waals surface area contributed by atoms with Crippen LogP contribution in [0.3, 0.4) is 0 Å². The number of nitrogens with one attached hydrogen (secondary N) is 2. The predicted octanol–water partition coefficient (Wildman–Crippen LogP) is 4.57. The number of aliphatic carboxylic acids is 1. The molecule has 2 heterocycles. The fourth-order valence-corrected chi connectivity index (χ4v) is 4.97. The van der Waals surface area contributed by atoms with E-state index < -0.39 is 22.2 Å². The quantitative estimate of drug-likeness (QED) is 0.339. The molecule has 15 heteroatoms. The van der Waals surface area contributed by atoms with Crippen LogP contribution in [0.4, 0.5) is 23.7 Å². The minimum Gasteiger partial charge on any atom is -0.488 e. The molecule has 2 aromatic carbocycles. The minimum absolute atomic E-state index is 0.158. The highest BCUT2D eigenvalue weighted by molar-refractivity contribution is 7.88. The van der Waals surface area contributed by atoms with E-state index in [1.807, 2.05) is 55.5 Å². The zero-order valence-corrected chi connectivity index (χ0v) is 23.8. The van der Waals surface area contributed by atoms with Gasteiger partial charge in [-0.15, -0.1) is 0 Å². The molecule has 2 amide bonds. The number of H-pyrrole nitrogens is 1. The third-order valence-corrected chi connectivity index (χ3v) is 7.65. The van der Waals surface area contributed by atoms with Gasteiger partial charge in [0.1, 0.15) is 11.9 Å². The maximum absolute atomic E-state index is 13.1. The number of sulfonamides is 1. The molecular formula is C27H32F3N5O6S. The Labute approximate surface area is 241 Å². The van der Waals surface area contributed by atoms with Crippen molar-refractivity contribution >= 4 is 27.7 Å². The molecule has 0 saturated carbocycles. The predicted molar refractivity (Wildman–Crippen MR) is 149 cm³/mol. The van der Waals surface area contributed by atoms with Gasteiger partial charge in [0.2, 0.25) is 10.0 Å². The Morgan fingerprint density at radius 2 is 1.79 bits per heavy atom. The Kier molecular flexibility index (Phi) is 10.9. The van der Waals surface area contributed by atoms with Crippen molar-refractivity contribution in [1.82, 2.24) is 19.4 Å². The Balaban J connectivity index is 0.000000616. The van der Waals surface area contributed by atoms with Crippen LogP contribution in [0.25, 0.3) is 11.1 Å². The number of hydrogen-bond donors (Lipinski definition) is 3. The molecule has 228 valence electrons. The van der Waals surface area contributed by atoms with Gasteiger partial charge in [0.25, 0.3) is 0 Å². The third kappa shape index (κ3) is 9.48. The van der Waals surface area contributed by atoms with E-state index in [9.17, 15) is 26.4 Å². The molecule has 3 aromatic rings. The van der Waals surface area contributed by atoms with Crippen molar-refractivity contribution in [3.05, 3.63) is 66.5 Å². The van der Waals surface area contributed by atoms with E-state index >= 15 is 0 Å². The number of alkyl halides is 3. The second-order valence-corrected chi connectivity index (χ2v) is 11.4. The number of carbonyl (C=O) groups excluding carboxylic acids is 1. The number of piperidine rings is 1. The van der Waals surface area contributed by atoms with Gasteiger partial charge in [-0.2, -0.15) is 18.3 Å². The summed E-state index contributed by atoms with van der Waals surface area (Å²) in [6.45, 7) is 3.81. The van der Waals surface area contributed by atoms with Crippen molar-refractivity contribution in [2.45, 2.75) is 38.6 Å². The molecular weight excluding hydrogens is 579 g/mol. The van der Waals surface area contributed by atoms with Crippen LogP contribution in [0, 0.1) is 0 Å². The highest BCUT2D eigenvalue weighted by Crippen LogP contribution is 2.33. The van der Waals surface area contributed by atoms with Gasteiger partial charge in [-0.3, -0.25) is 5.10 Å². The molecule has 0 atom stereocenters. The van der Waals surface area contributed by atoms with Crippen LogP contribution in [-0.4, -0.2) is 83.1 Å². The van der Waals surface area contributed by atoms with Gasteiger partial charge < -0.3 is 20.1 Å². The Morgan fingerprint density at radius 3 is 2.31 bits per heavy atom. The highest BCUT2D eigenvalue weighted by Gasteiger charge is 2.38. The molecule has 42 heavy (non-hydrogen) atoms. The number of amides is 2. The zero-order chi connectivity index (χ0) is 30.9. The van der Waals surface area contributed by atoms with E-state index in [1.54, 1.807) is 17.3 Å². The first kappa shape index (κ1) is 32.4. The minimum atomic E-state index is -5.08. The van der Waals surface area contributed by atoms with Gasteiger partial charge in [-0.25, -0.2) is 22.3 Å². The van der Waals surface area contributed by atoms with Crippen LogP contribution in [0.15, 0.2) is 60.9 Å². The molecule has 4 rings (SSSR count). The molecule has 1 aliphatic heterocycles. The van der Waals surface area contributed by atoms with Gasteiger partial charge in [-0.1, -0.05) is 36.4 Å². The number of hydrogen-bond acceptors (Lipinski definition) is 6. The summed E-state index contributed by atoms with van der Waals surface area (Å²) in [7, 11) is -3.22. The van der Waals surface area contributed by atoms with Crippen LogP contribution in [0.2, 0.25) is 0 Å². The summed E-state index contributed by atoms with van der Waals surface area (Å²) in [5.41, 5.74) is 3.42. The summed E-state index contributed by atoms with van der Waals surface area (Å²) in [4.78, 5) is 23.8. The molecule has 1 saturated heterocycles. The number of halogens is 3. The molecule has 11 nitrogen and oxygen atoms in total. The SMILES string of the molecule is CCN(Cc1ccccc1)C(=O)Nc1ccc(-c2cn[nH]c2)cc1OC1CCN(S(C)(=O)=O)CC1.O=C(O)C(F)(F)F. The number of ether oxygens (including phenoxy) is 1. The molecule has 0 bridgehead atoms. The van der Waals surface area contributed by atoms with Gasteiger partial charge in [0.15, 0.2) is 0 Å². The number of benzene rings is 2. The summed E-state index contributed by atoms with van der Waals surface area (Å²) in [6, 6.07) is 15.3. The number of carboxylic acids is 1. The third-order valence-electron chi connectivity index (χ3n) is 6.35. The summed E-state index contributed by atoms with van der Waals surface area (Å²) in [6.07, 6.45) is 0.651. The largest absolute Gasteiger partial charge is 0.490 e. The Morgan fingerprint density at radius 1 is 1.14 bits per heavy atom. The van der Waals surface area contributed by atoms with Crippen molar-refractivity contribution < 1.29 is 41.0 Å². The number of rotatable bonds is 8. The van der Waals surface area contributed by atoms with Crippen LogP contribution >= 0.6 is 0 Å². The molecule has 1 aliphatic rings. The lowest BCUT2D eigenvalue weighted by molar-refractivity contribution is -0.192. The lowest BCUT2D eigenvalue weighted by Crippen LogP contribution is -2.41. The van der Waals surface area contributed by atoms with E-state index in [2.05, 4.69) is 15.5 Å². The molecule has 1 aromatic heterocycles. The topological polar surface area (TPSA) is 145 Å². The fraction of sp³-hybridized carbons (Fsp3) is 0.370. The smallest absolute Gasteiger partial charge is 0.488 e. The summed E-state index contributed by atoms with van der Waals surface area (Å²) in [5, 5.41) is 17.0. The normalized spacial score (nSPS) is 14.4. The Bertz CT molecular complexity index is 1430. The molecule has 3 N–H and O–H groups in total. The molecule has 0 spiro atoms. The van der Waals surface area contributed by atoms with Crippen molar-refractivity contribution in [1.29, 1.82) is 0 Å². The standard InChI is InChI=1S/C25H31N5O4S.C2HF3O2/c1-3-29(18-19-7-5-4-6-8-19)25(31)28-23-10-9-20(21-16-26-27-17-21)15-24(23)34-22-11-13-30(14-12-22)35(2,32)33;3-2(4,5)1(6)7/h4-10,15-17,22H,3,11-14,18H2,1-2H3,(H,26,27)(H,28,31);(H,6,7). The maximum Gasteiger partial charge on any atom is 0.490 e. The van der Waals surface area contributed by atoms with Gasteiger partial charge in [-0.05, 0) is 43.0 Å². The average Bonchev–Trinajstić information content (AvgIpc) is 3.48. The van der Waals surface area contributed by atoms with E-state index in [0.29, 0.717) is 50.5 Å². The average molecular weight is 612 g/mol. The van der Waals surface area contributed by atoms with Gasteiger partial charge in [0, 0.05) is 37.9 Å². The number of carbonyl (C=O) groups is 2. The first-order valence-electron chi connectivity index (χ1n) is 12.9. The van der Waals surface area contributed by atoms with Crippen LogP contribution < -0.4 is 10.1 Å². The highest BCUT2D eigenvalue weighted by atomic mass is 32.2. The first-order valence-corrected chi connectivity index (χ1v) is 14.8. The van der Waals surface area contributed by atoms with E-state index in [1.165, 1.54) is 10.6 Å². The molecule has 0 unspecified atom stereocenters. The maximum atomic E-state index is 13.1. The molecule has 1 fully saturated rings. The van der Waals surface area contributed by atoms with Crippen LogP contribution in [0.5, 0.6) is 5.75 Å². The monoisotopic (exact) mass is 611 g/mol. The van der Waals surface area contributed by atoms with Gasteiger partial charge in [0.05, 0.1) is 18.1 Å². The van der Waals surface area contributed by atoms with E-state index in [-0.39, 0.29) is 12.1 Å². The van der Waals surface area contributed by atoms with Crippen molar-refractivity contribution in [3.8, 4) is 16.9 Å². The Hall–Kier alpha value is -4.11. The molecule has 0 radical (unpaired) electrons. The second-order valence-electron chi connectivity index (χ2n) is 9.41. The summed E-state index contributed by atoms with van der Waals surface area (Å²) < 4.78 is 63.2. The second kappa shape index (κ2) is 14.2. The van der Waals surface area contributed by atoms with Crippen molar-refractivity contribution in [2.24, 2.45) is 0 Å². The number of carboxylic acid groups (broad SMARTS) is 1. The number of aromatic nitrogens is 2. The van der Waals surface area contributed by atoms with Crippen molar-refractivity contribution in [2.75, 3.05) is 31.2 Å². The zero-order valence-electron chi connectivity index (χ0n) is 23.0. The summed E-state index contributed by atoms with van der Waals surface area (Å²) >= 11 is 0. The number of anilines is 1.